The Bertz CT molecular complexity index is 1750. The minimum absolute atomic E-state index is 0.231. The van der Waals surface area contributed by atoms with Crippen LogP contribution in [0.1, 0.15) is 63.0 Å². The summed E-state index contributed by atoms with van der Waals surface area (Å²) < 4.78 is 33.4. The van der Waals surface area contributed by atoms with Crippen LogP contribution in [0.25, 0.3) is 10.8 Å². The van der Waals surface area contributed by atoms with Crippen molar-refractivity contribution in [2.24, 2.45) is 13.0 Å². The fraction of sp³-hybridized carbons (Fsp3) is 0.375. The van der Waals surface area contributed by atoms with Gasteiger partial charge in [-0.25, -0.2) is 9.78 Å². The van der Waals surface area contributed by atoms with Crippen LogP contribution >= 0.6 is 11.3 Å². The molecule has 3 heterocycles. The maximum atomic E-state index is 13.2. The van der Waals surface area contributed by atoms with E-state index in [1.165, 1.54) is 11.3 Å². The summed E-state index contributed by atoms with van der Waals surface area (Å²) in [6, 6.07) is 11.0. The van der Waals surface area contributed by atoms with Gasteiger partial charge in [-0.3, -0.25) is 24.7 Å². The molecule has 0 unspecified atom stereocenters. The molecular formula is C32H38F3N7O5S. The van der Waals surface area contributed by atoms with Gasteiger partial charge in [-0.05, 0) is 63.3 Å². The summed E-state index contributed by atoms with van der Waals surface area (Å²) in [5.41, 5.74) is 1.44. The van der Waals surface area contributed by atoms with Crippen molar-refractivity contribution in [2.75, 3.05) is 37.8 Å². The number of nitrogens with one attached hydrogen (secondary N) is 3. The van der Waals surface area contributed by atoms with E-state index in [1.54, 1.807) is 36.1 Å². The molecule has 0 aliphatic rings. The Morgan fingerprint density at radius 1 is 1.02 bits per heavy atom. The predicted molar refractivity (Wildman–Crippen MR) is 178 cm³/mol. The highest BCUT2D eigenvalue weighted by Gasteiger charge is 2.38. The van der Waals surface area contributed by atoms with Gasteiger partial charge >= 0.3 is 12.1 Å². The van der Waals surface area contributed by atoms with Gasteiger partial charge in [0.1, 0.15) is 17.1 Å². The summed E-state index contributed by atoms with van der Waals surface area (Å²) in [7, 11) is 5.71. The van der Waals surface area contributed by atoms with Crippen molar-refractivity contribution in [1.29, 1.82) is 0 Å². The van der Waals surface area contributed by atoms with Gasteiger partial charge < -0.3 is 25.2 Å². The summed E-state index contributed by atoms with van der Waals surface area (Å²) in [4.78, 5) is 59.5. The Balaban J connectivity index is 0.000000804. The summed E-state index contributed by atoms with van der Waals surface area (Å²) in [5, 5.41) is 18.0. The number of rotatable bonds is 12. The van der Waals surface area contributed by atoms with Gasteiger partial charge in [0.25, 0.3) is 17.7 Å². The summed E-state index contributed by atoms with van der Waals surface area (Å²) >= 11 is 1.32. The average molecular weight is 690 g/mol. The molecule has 1 aromatic carbocycles. The lowest BCUT2D eigenvalue weighted by Crippen LogP contribution is -2.28. The van der Waals surface area contributed by atoms with Crippen LogP contribution in [0.5, 0.6) is 0 Å². The Morgan fingerprint density at radius 3 is 2.31 bits per heavy atom. The molecule has 0 saturated carbocycles. The molecule has 0 aliphatic heterocycles. The van der Waals surface area contributed by atoms with Crippen molar-refractivity contribution in [2.45, 2.75) is 39.3 Å². The van der Waals surface area contributed by atoms with Crippen LogP contribution in [-0.2, 0) is 18.3 Å². The Kier molecular flexibility index (Phi) is 13.2. The molecule has 0 aliphatic carbocycles. The van der Waals surface area contributed by atoms with Crippen molar-refractivity contribution >= 4 is 56.6 Å². The van der Waals surface area contributed by atoms with Gasteiger partial charge in [0.05, 0.1) is 5.69 Å². The smallest absolute Gasteiger partial charge is 0.475 e. The third-order valence-corrected chi connectivity index (χ3v) is 7.78. The number of hydrogen-bond acceptors (Lipinski definition) is 8. The van der Waals surface area contributed by atoms with E-state index in [0.717, 1.165) is 35.0 Å². The Labute approximate surface area is 279 Å². The third kappa shape index (κ3) is 11.2. The van der Waals surface area contributed by atoms with Crippen molar-refractivity contribution in [1.82, 2.24) is 24.8 Å². The number of aliphatic carboxylic acids is 1. The number of hydrogen-bond donors (Lipinski definition) is 4. The lowest BCUT2D eigenvalue weighted by Gasteiger charge is -2.10. The molecule has 48 heavy (non-hydrogen) atoms. The normalized spacial score (nSPS) is 11.3. The van der Waals surface area contributed by atoms with E-state index in [0.29, 0.717) is 41.1 Å². The van der Waals surface area contributed by atoms with E-state index in [4.69, 9.17) is 9.90 Å². The molecule has 258 valence electrons. The number of carboxylic acid groups (broad SMARTS) is 1. The summed E-state index contributed by atoms with van der Waals surface area (Å²) in [5.74, 6) is -3.28. The second-order valence-corrected chi connectivity index (χ2v) is 12.6. The molecule has 16 heteroatoms. The van der Waals surface area contributed by atoms with Crippen LogP contribution in [0.2, 0.25) is 0 Å². The molecule has 0 atom stereocenters. The first kappa shape index (κ1) is 37.6. The monoisotopic (exact) mass is 689 g/mol. The number of carbonyl (C=O) groups excluding carboxylic acids is 3. The zero-order valence-corrected chi connectivity index (χ0v) is 28.0. The van der Waals surface area contributed by atoms with Gasteiger partial charge in [-0.15, -0.1) is 11.3 Å². The van der Waals surface area contributed by atoms with E-state index in [9.17, 15) is 27.6 Å². The highest BCUT2D eigenvalue weighted by molar-refractivity contribution is 7.16. The van der Waals surface area contributed by atoms with Crippen molar-refractivity contribution < 1.29 is 37.5 Å². The highest BCUT2D eigenvalue weighted by Crippen LogP contribution is 2.27. The van der Waals surface area contributed by atoms with E-state index in [-0.39, 0.29) is 23.4 Å². The molecule has 0 fully saturated rings. The quantitative estimate of drug-likeness (QED) is 0.143. The van der Waals surface area contributed by atoms with E-state index in [2.05, 4.69) is 44.7 Å². The fourth-order valence-corrected chi connectivity index (χ4v) is 5.24. The number of pyridine rings is 1. The first-order chi connectivity index (χ1) is 22.5. The Morgan fingerprint density at radius 2 is 1.69 bits per heavy atom. The van der Waals surface area contributed by atoms with Gasteiger partial charge in [-0.1, -0.05) is 38.1 Å². The molecule has 4 aromatic rings. The van der Waals surface area contributed by atoms with Crippen LogP contribution in [0, 0.1) is 5.92 Å². The van der Waals surface area contributed by atoms with Crippen LogP contribution < -0.4 is 16.0 Å². The number of amides is 3. The number of aryl methyl sites for hydroxylation is 2. The predicted octanol–water partition coefficient (Wildman–Crippen LogP) is 5.44. The molecule has 0 saturated heterocycles. The zero-order valence-electron chi connectivity index (χ0n) is 27.1. The first-order valence-electron chi connectivity index (χ1n) is 14.9. The van der Waals surface area contributed by atoms with Crippen molar-refractivity contribution in [3.8, 4) is 0 Å². The minimum atomic E-state index is -5.08. The number of alkyl halides is 3. The van der Waals surface area contributed by atoms with Crippen molar-refractivity contribution in [3.05, 3.63) is 70.8 Å². The number of thiazole rings is 1. The van der Waals surface area contributed by atoms with Crippen LogP contribution in [0.4, 0.5) is 24.0 Å². The second kappa shape index (κ2) is 16.8. The van der Waals surface area contributed by atoms with E-state index < -0.39 is 12.1 Å². The molecule has 0 radical (unpaired) electrons. The molecule has 3 amide bonds. The van der Waals surface area contributed by atoms with Crippen LogP contribution in [0.15, 0.2) is 48.8 Å². The van der Waals surface area contributed by atoms with E-state index >= 15 is 0 Å². The lowest BCUT2D eigenvalue weighted by molar-refractivity contribution is -0.192. The topological polar surface area (TPSA) is 159 Å². The second-order valence-electron chi connectivity index (χ2n) is 11.5. The molecule has 0 bridgehead atoms. The SMILES string of the molecule is CC(C)CCc1sc(NC(=O)c2cc(NC(=O)c3cc4ccccc4cn3)cn2C)nc1C(=O)NCCCN(C)C.O=C(O)C(F)(F)F. The zero-order chi connectivity index (χ0) is 35.6. The standard InChI is InChI=1S/C30H37N7O3S.C2HF3O2/c1-19(2)11-12-25-26(29(40)31-13-8-14-36(3)4)34-30(41-25)35-28(39)24-16-22(18-37(24)5)33-27(38)23-15-20-9-6-7-10-21(20)17-32-23;3-2(4,5)1(6)7/h6-7,9-10,15-19H,8,11-14H2,1-5H3,(H,31,40)(H,33,38)(H,34,35,39);(H,6,7). The van der Waals surface area contributed by atoms with Gasteiger partial charge in [0.15, 0.2) is 5.13 Å². The number of benzene rings is 1. The van der Waals surface area contributed by atoms with Crippen LogP contribution in [-0.4, -0.2) is 81.6 Å². The number of aromatic nitrogens is 3. The average Bonchev–Trinajstić information content (AvgIpc) is 3.59. The third-order valence-electron chi connectivity index (χ3n) is 6.75. The molecule has 4 rings (SSSR count). The molecular weight excluding hydrogens is 651 g/mol. The number of nitrogens with zero attached hydrogens (tertiary/aromatic N) is 4. The number of carboxylic acids is 1. The number of halogens is 3. The van der Waals surface area contributed by atoms with Gasteiger partial charge in [-0.2, -0.15) is 13.2 Å². The Hall–Kier alpha value is -4.83. The number of carbonyl (C=O) groups is 4. The number of fused-ring (bicyclic) bond motifs is 1. The van der Waals surface area contributed by atoms with Gasteiger partial charge in [0, 0.05) is 36.2 Å². The molecule has 4 N–H and O–H groups in total. The van der Waals surface area contributed by atoms with E-state index in [1.807, 2.05) is 38.4 Å². The molecule has 0 spiro atoms. The fourth-order valence-electron chi connectivity index (χ4n) is 4.28. The largest absolute Gasteiger partial charge is 0.490 e. The van der Waals surface area contributed by atoms with Crippen molar-refractivity contribution in [3.63, 3.8) is 0 Å². The highest BCUT2D eigenvalue weighted by atomic mass is 32.1. The summed E-state index contributed by atoms with van der Waals surface area (Å²) in [6.07, 6.45) is 0.682. The molecule has 12 nitrogen and oxygen atoms in total. The maximum Gasteiger partial charge on any atom is 0.490 e. The molecule has 3 aromatic heterocycles. The first-order valence-corrected chi connectivity index (χ1v) is 15.7. The van der Waals surface area contributed by atoms with Gasteiger partial charge in [0.2, 0.25) is 0 Å². The maximum absolute atomic E-state index is 13.2. The van der Waals surface area contributed by atoms with Crippen LogP contribution in [0.3, 0.4) is 0 Å². The lowest BCUT2D eigenvalue weighted by atomic mass is 10.1. The minimum Gasteiger partial charge on any atom is -0.475 e. The summed E-state index contributed by atoms with van der Waals surface area (Å²) in [6.45, 7) is 5.68. The number of anilines is 2.